The van der Waals surface area contributed by atoms with Gasteiger partial charge in [-0.3, -0.25) is 4.84 Å². The van der Waals surface area contributed by atoms with Crippen LogP contribution in [0.1, 0.15) is 0 Å². The van der Waals surface area contributed by atoms with Crippen LogP contribution in [0, 0.1) is 0 Å². The SMILES string of the molecule is CON(C)C(=O)Nc1cc(Cl)c(Cl)cc1Cl. The summed E-state index contributed by atoms with van der Waals surface area (Å²) in [6.45, 7) is 0. The summed E-state index contributed by atoms with van der Waals surface area (Å²) in [5.74, 6) is 0. The Hall–Kier alpha value is -0.680. The lowest BCUT2D eigenvalue weighted by molar-refractivity contribution is -0.0598. The van der Waals surface area contributed by atoms with E-state index in [1.807, 2.05) is 0 Å². The molecule has 0 heterocycles. The molecule has 0 saturated heterocycles. The molecule has 0 saturated carbocycles. The van der Waals surface area contributed by atoms with Crippen LogP contribution in [0.4, 0.5) is 10.5 Å². The third kappa shape index (κ3) is 3.15. The number of hydrogen-bond acceptors (Lipinski definition) is 2. The smallest absolute Gasteiger partial charge is 0.305 e. The van der Waals surface area contributed by atoms with Gasteiger partial charge in [0.25, 0.3) is 0 Å². The third-order valence-electron chi connectivity index (χ3n) is 1.81. The van der Waals surface area contributed by atoms with Crippen molar-refractivity contribution >= 4 is 46.5 Å². The van der Waals surface area contributed by atoms with E-state index in [1.54, 1.807) is 0 Å². The van der Waals surface area contributed by atoms with Crippen molar-refractivity contribution in [2.45, 2.75) is 0 Å². The summed E-state index contributed by atoms with van der Waals surface area (Å²) >= 11 is 17.4. The van der Waals surface area contributed by atoms with Crippen molar-refractivity contribution in [3.63, 3.8) is 0 Å². The van der Waals surface area contributed by atoms with Crippen molar-refractivity contribution in [1.82, 2.24) is 5.06 Å². The number of hydrogen-bond donors (Lipinski definition) is 1. The van der Waals surface area contributed by atoms with Crippen LogP contribution >= 0.6 is 34.8 Å². The zero-order valence-corrected chi connectivity index (χ0v) is 10.8. The molecule has 0 fully saturated rings. The first kappa shape index (κ1) is 13.4. The van der Waals surface area contributed by atoms with Gasteiger partial charge in [-0.05, 0) is 12.1 Å². The summed E-state index contributed by atoms with van der Waals surface area (Å²) in [4.78, 5) is 16.1. The van der Waals surface area contributed by atoms with Crippen LogP contribution in [0.3, 0.4) is 0 Å². The van der Waals surface area contributed by atoms with E-state index in [0.717, 1.165) is 5.06 Å². The van der Waals surface area contributed by atoms with Gasteiger partial charge in [-0.1, -0.05) is 34.8 Å². The van der Waals surface area contributed by atoms with E-state index in [2.05, 4.69) is 5.32 Å². The molecule has 0 spiro atoms. The highest BCUT2D eigenvalue weighted by Crippen LogP contribution is 2.32. The Morgan fingerprint density at radius 2 is 1.81 bits per heavy atom. The summed E-state index contributed by atoms with van der Waals surface area (Å²) < 4.78 is 0. The number of hydroxylamine groups is 2. The van der Waals surface area contributed by atoms with Crippen molar-refractivity contribution in [2.24, 2.45) is 0 Å². The molecule has 4 nitrogen and oxygen atoms in total. The predicted molar refractivity (Wildman–Crippen MR) is 65.3 cm³/mol. The molecule has 0 unspecified atom stereocenters. The number of anilines is 1. The molecule has 88 valence electrons. The molecule has 1 aromatic carbocycles. The molecular weight excluding hydrogens is 274 g/mol. The van der Waals surface area contributed by atoms with Gasteiger partial charge in [-0.25, -0.2) is 9.86 Å². The van der Waals surface area contributed by atoms with E-state index in [9.17, 15) is 4.79 Å². The molecule has 0 aromatic heterocycles. The van der Waals surface area contributed by atoms with Gasteiger partial charge in [0.15, 0.2) is 0 Å². The van der Waals surface area contributed by atoms with Gasteiger partial charge in [-0.15, -0.1) is 0 Å². The van der Waals surface area contributed by atoms with E-state index in [0.29, 0.717) is 20.8 Å². The highest BCUT2D eigenvalue weighted by atomic mass is 35.5. The number of carbonyl (C=O) groups excluding carboxylic acids is 1. The average Bonchev–Trinajstić information content (AvgIpc) is 2.24. The normalized spacial score (nSPS) is 10.1. The number of carbonyl (C=O) groups is 1. The fourth-order valence-electron chi connectivity index (χ4n) is 0.895. The van der Waals surface area contributed by atoms with E-state index < -0.39 is 6.03 Å². The molecule has 2 amide bonds. The number of urea groups is 1. The van der Waals surface area contributed by atoms with Crippen LogP contribution in [0.2, 0.25) is 15.1 Å². The first-order chi connectivity index (χ1) is 7.45. The number of nitrogens with zero attached hydrogens (tertiary/aromatic N) is 1. The zero-order valence-electron chi connectivity index (χ0n) is 8.55. The number of benzene rings is 1. The molecule has 16 heavy (non-hydrogen) atoms. The number of amides is 2. The standard InChI is InChI=1S/C9H9Cl3N2O2/c1-14(16-2)9(15)13-8-4-6(11)5(10)3-7(8)12/h3-4H,1-2H3,(H,13,15). The van der Waals surface area contributed by atoms with E-state index in [-0.39, 0.29) is 0 Å². The minimum Gasteiger partial charge on any atom is -0.305 e. The quantitative estimate of drug-likeness (QED) is 0.664. The van der Waals surface area contributed by atoms with Crippen LogP contribution in [-0.4, -0.2) is 25.3 Å². The minimum atomic E-state index is -0.470. The molecule has 0 aliphatic carbocycles. The molecule has 7 heteroatoms. The molecule has 0 aliphatic rings. The van der Waals surface area contributed by atoms with Crippen molar-refractivity contribution in [3.8, 4) is 0 Å². The van der Waals surface area contributed by atoms with Crippen LogP contribution in [0.25, 0.3) is 0 Å². The maximum absolute atomic E-state index is 11.4. The second kappa shape index (κ2) is 5.59. The van der Waals surface area contributed by atoms with Gasteiger partial charge < -0.3 is 5.32 Å². The lowest BCUT2D eigenvalue weighted by Gasteiger charge is -2.15. The van der Waals surface area contributed by atoms with E-state index >= 15 is 0 Å². The first-order valence-electron chi connectivity index (χ1n) is 4.19. The molecule has 1 N–H and O–H groups in total. The Morgan fingerprint density at radius 1 is 1.25 bits per heavy atom. The van der Waals surface area contributed by atoms with Gasteiger partial charge in [-0.2, -0.15) is 0 Å². The highest BCUT2D eigenvalue weighted by molar-refractivity contribution is 6.44. The lowest BCUT2D eigenvalue weighted by atomic mass is 10.3. The monoisotopic (exact) mass is 282 g/mol. The first-order valence-corrected chi connectivity index (χ1v) is 5.32. The van der Waals surface area contributed by atoms with E-state index in [4.69, 9.17) is 39.6 Å². The number of rotatable bonds is 2. The fraction of sp³-hybridized carbons (Fsp3) is 0.222. The second-order valence-electron chi connectivity index (χ2n) is 2.86. The van der Waals surface area contributed by atoms with Crippen LogP contribution in [-0.2, 0) is 4.84 Å². The highest BCUT2D eigenvalue weighted by Gasteiger charge is 2.12. The number of nitrogens with one attached hydrogen (secondary N) is 1. The van der Waals surface area contributed by atoms with Crippen LogP contribution < -0.4 is 5.32 Å². The Bertz CT molecular complexity index is 412. The summed E-state index contributed by atoms with van der Waals surface area (Å²) in [5.41, 5.74) is 0.366. The van der Waals surface area contributed by atoms with E-state index in [1.165, 1.54) is 26.3 Å². The summed E-state index contributed by atoms with van der Waals surface area (Å²) in [7, 11) is 2.83. The van der Waals surface area contributed by atoms with Crippen LogP contribution in [0.15, 0.2) is 12.1 Å². The molecule has 0 bridgehead atoms. The lowest BCUT2D eigenvalue weighted by Crippen LogP contribution is -2.30. The predicted octanol–water partition coefficient (Wildman–Crippen LogP) is 3.67. The maximum Gasteiger partial charge on any atom is 0.345 e. The zero-order chi connectivity index (χ0) is 12.3. The summed E-state index contributed by atoms with van der Waals surface area (Å²) in [6, 6.07) is 2.45. The molecule has 0 atom stereocenters. The summed E-state index contributed by atoms with van der Waals surface area (Å²) in [6.07, 6.45) is 0. The fourth-order valence-corrected chi connectivity index (χ4v) is 1.49. The van der Waals surface area contributed by atoms with Crippen molar-refractivity contribution in [3.05, 3.63) is 27.2 Å². The molecule has 0 radical (unpaired) electrons. The Labute approximate surface area is 108 Å². The molecule has 1 rings (SSSR count). The van der Waals surface area contributed by atoms with Crippen molar-refractivity contribution in [2.75, 3.05) is 19.5 Å². The number of halogens is 3. The molecular formula is C9H9Cl3N2O2. The van der Waals surface area contributed by atoms with Gasteiger partial charge >= 0.3 is 6.03 Å². The summed E-state index contributed by atoms with van der Waals surface area (Å²) in [5, 5.41) is 4.46. The maximum atomic E-state index is 11.4. The van der Waals surface area contributed by atoms with Gasteiger partial charge in [0.1, 0.15) is 0 Å². The topological polar surface area (TPSA) is 41.6 Å². The van der Waals surface area contributed by atoms with Gasteiger partial charge in [0.2, 0.25) is 0 Å². The van der Waals surface area contributed by atoms with Crippen LogP contribution in [0.5, 0.6) is 0 Å². The molecule has 0 aliphatic heterocycles. The Balaban J connectivity index is 2.90. The molecule has 1 aromatic rings. The van der Waals surface area contributed by atoms with Gasteiger partial charge in [0, 0.05) is 7.05 Å². The van der Waals surface area contributed by atoms with Crippen molar-refractivity contribution < 1.29 is 9.63 Å². The van der Waals surface area contributed by atoms with Gasteiger partial charge in [0.05, 0.1) is 27.9 Å². The average molecular weight is 284 g/mol. The van der Waals surface area contributed by atoms with Crippen molar-refractivity contribution in [1.29, 1.82) is 0 Å². The second-order valence-corrected chi connectivity index (χ2v) is 4.08. The largest absolute Gasteiger partial charge is 0.345 e. The minimum absolute atomic E-state index is 0.298. The Kier molecular flexibility index (Phi) is 4.68. The third-order valence-corrected chi connectivity index (χ3v) is 2.85. The Morgan fingerprint density at radius 3 is 2.38 bits per heavy atom.